The van der Waals surface area contributed by atoms with Crippen molar-refractivity contribution in [3.05, 3.63) is 71.4 Å². The van der Waals surface area contributed by atoms with E-state index < -0.39 is 12.0 Å². The second-order valence-electron chi connectivity index (χ2n) is 6.71. The average Bonchev–Trinajstić information content (AvgIpc) is 2.76. The zero-order chi connectivity index (χ0) is 21.5. The molecule has 0 saturated heterocycles. The normalized spacial score (nSPS) is 16.2. The number of amides is 2. The summed E-state index contributed by atoms with van der Waals surface area (Å²) in [6.07, 6.45) is 0. The maximum Gasteiger partial charge on any atom is 0.338 e. The number of hydrogen-bond donors (Lipinski definition) is 1. The van der Waals surface area contributed by atoms with Gasteiger partial charge in [-0.15, -0.1) is 0 Å². The summed E-state index contributed by atoms with van der Waals surface area (Å²) in [6, 6.07) is 15.7. The van der Waals surface area contributed by atoms with Gasteiger partial charge >= 0.3 is 12.0 Å². The van der Waals surface area contributed by atoms with Crippen LogP contribution in [0.1, 0.15) is 25.5 Å². The fourth-order valence-electron chi connectivity index (χ4n) is 3.23. The number of allylic oxidation sites excluding steroid dienone is 1. The summed E-state index contributed by atoms with van der Waals surface area (Å²) in [7, 11) is 1.61. The van der Waals surface area contributed by atoms with Gasteiger partial charge in [0.25, 0.3) is 0 Å². The first-order chi connectivity index (χ1) is 14.5. The van der Waals surface area contributed by atoms with Gasteiger partial charge in [-0.05, 0) is 32.0 Å². The molecule has 3 rings (SSSR count). The molecule has 0 aromatic heterocycles. The summed E-state index contributed by atoms with van der Waals surface area (Å²) in [5.74, 6) is 0.810. The van der Waals surface area contributed by atoms with Crippen LogP contribution in [-0.2, 0) is 9.53 Å². The number of para-hydroxylation sites is 2. The number of ether oxygens (including phenoxy) is 3. The molecule has 0 spiro atoms. The Morgan fingerprint density at radius 3 is 2.47 bits per heavy atom. The first-order valence-corrected chi connectivity index (χ1v) is 9.84. The molecule has 7 heteroatoms. The van der Waals surface area contributed by atoms with Crippen molar-refractivity contribution in [1.29, 1.82) is 0 Å². The molecule has 2 aromatic rings. The van der Waals surface area contributed by atoms with Gasteiger partial charge in [-0.2, -0.15) is 0 Å². The van der Waals surface area contributed by atoms with Crippen LogP contribution in [0.3, 0.4) is 0 Å². The van der Waals surface area contributed by atoms with E-state index in [-0.39, 0.29) is 19.2 Å². The number of carbonyl (C=O) groups is 2. The van der Waals surface area contributed by atoms with E-state index in [4.69, 9.17) is 14.2 Å². The molecule has 0 bridgehead atoms. The van der Waals surface area contributed by atoms with Gasteiger partial charge < -0.3 is 24.4 Å². The summed E-state index contributed by atoms with van der Waals surface area (Å²) in [6.45, 7) is 4.39. The Bertz CT molecular complexity index is 926. The minimum absolute atomic E-state index is 0.0853. The second-order valence-corrected chi connectivity index (χ2v) is 6.71. The van der Waals surface area contributed by atoms with Gasteiger partial charge in [-0.25, -0.2) is 9.59 Å². The molecule has 1 aliphatic rings. The van der Waals surface area contributed by atoms with Gasteiger partial charge in [0.1, 0.15) is 24.7 Å². The Kier molecular flexibility index (Phi) is 6.95. The Labute approximate surface area is 176 Å². The third-order valence-corrected chi connectivity index (χ3v) is 4.83. The molecule has 0 aliphatic carbocycles. The van der Waals surface area contributed by atoms with Crippen LogP contribution in [0.2, 0.25) is 0 Å². The van der Waals surface area contributed by atoms with Crippen molar-refractivity contribution in [2.75, 3.05) is 26.9 Å². The van der Waals surface area contributed by atoms with Crippen LogP contribution < -0.4 is 14.8 Å². The van der Waals surface area contributed by atoms with E-state index in [2.05, 4.69) is 5.32 Å². The SMILES string of the molecule is CCOc1ccccc1[C@H]1NC(=O)N(C)C(C)=C1C(=O)OCCOc1ccccc1. The van der Waals surface area contributed by atoms with E-state index in [1.807, 2.05) is 61.5 Å². The van der Waals surface area contributed by atoms with Crippen molar-refractivity contribution < 1.29 is 23.8 Å². The first kappa shape index (κ1) is 21.2. The predicted molar refractivity (Wildman–Crippen MR) is 112 cm³/mol. The Morgan fingerprint density at radius 1 is 1.03 bits per heavy atom. The largest absolute Gasteiger partial charge is 0.494 e. The monoisotopic (exact) mass is 410 g/mol. The highest BCUT2D eigenvalue weighted by atomic mass is 16.6. The molecule has 2 aromatic carbocycles. The molecule has 0 radical (unpaired) electrons. The molecule has 2 amide bonds. The number of nitrogens with one attached hydrogen (secondary N) is 1. The van der Waals surface area contributed by atoms with Crippen LogP contribution in [-0.4, -0.2) is 43.8 Å². The van der Waals surface area contributed by atoms with E-state index in [9.17, 15) is 9.59 Å². The predicted octanol–water partition coefficient (Wildman–Crippen LogP) is 3.68. The fraction of sp³-hybridized carbons (Fsp3) is 0.304. The fourth-order valence-corrected chi connectivity index (χ4v) is 3.23. The van der Waals surface area contributed by atoms with Crippen LogP contribution in [0.5, 0.6) is 11.5 Å². The number of carbonyl (C=O) groups excluding carboxylic acids is 2. The van der Waals surface area contributed by atoms with E-state index in [0.29, 0.717) is 34.9 Å². The summed E-state index contributed by atoms with van der Waals surface area (Å²) in [5.41, 5.74) is 1.60. The standard InChI is InChI=1S/C23H26N2O5/c1-4-28-19-13-9-8-12-18(19)21-20(16(2)25(3)23(27)24-21)22(26)30-15-14-29-17-10-6-5-7-11-17/h5-13,21H,4,14-15H2,1-3H3,(H,24,27)/t21-/m1/s1. The van der Waals surface area contributed by atoms with Crippen molar-refractivity contribution in [3.8, 4) is 11.5 Å². The minimum Gasteiger partial charge on any atom is -0.494 e. The van der Waals surface area contributed by atoms with Crippen LogP contribution in [0.25, 0.3) is 0 Å². The Hall–Kier alpha value is -3.48. The highest BCUT2D eigenvalue weighted by Gasteiger charge is 2.36. The lowest BCUT2D eigenvalue weighted by Gasteiger charge is -2.33. The van der Waals surface area contributed by atoms with Gasteiger partial charge in [0.15, 0.2) is 0 Å². The number of rotatable bonds is 8. The average molecular weight is 410 g/mol. The van der Waals surface area contributed by atoms with Gasteiger partial charge in [0.2, 0.25) is 0 Å². The van der Waals surface area contributed by atoms with E-state index >= 15 is 0 Å². The van der Waals surface area contributed by atoms with Crippen LogP contribution in [0.15, 0.2) is 65.9 Å². The van der Waals surface area contributed by atoms with E-state index in [1.165, 1.54) is 4.90 Å². The van der Waals surface area contributed by atoms with Crippen molar-refractivity contribution in [2.45, 2.75) is 19.9 Å². The third kappa shape index (κ3) is 4.74. The molecule has 0 saturated carbocycles. The lowest BCUT2D eigenvalue weighted by Crippen LogP contribution is -2.46. The summed E-state index contributed by atoms with van der Waals surface area (Å²) >= 11 is 0. The van der Waals surface area contributed by atoms with Crippen molar-refractivity contribution in [1.82, 2.24) is 10.2 Å². The van der Waals surface area contributed by atoms with E-state index in [0.717, 1.165) is 0 Å². The van der Waals surface area contributed by atoms with Crippen LogP contribution in [0, 0.1) is 0 Å². The maximum atomic E-state index is 13.0. The summed E-state index contributed by atoms with van der Waals surface area (Å²) in [4.78, 5) is 26.8. The van der Waals surface area contributed by atoms with E-state index in [1.54, 1.807) is 14.0 Å². The number of urea groups is 1. The highest BCUT2D eigenvalue weighted by Crippen LogP contribution is 2.35. The number of esters is 1. The molecular formula is C23H26N2O5. The lowest BCUT2D eigenvalue weighted by molar-refractivity contribution is -0.140. The molecule has 0 unspecified atom stereocenters. The molecular weight excluding hydrogens is 384 g/mol. The zero-order valence-electron chi connectivity index (χ0n) is 17.4. The van der Waals surface area contributed by atoms with Gasteiger partial charge in [-0.1, -0.05) is 36.4 Å². The Balaban J connectivity index is 1.78. The van der Waals surface area contributed by atoms with Gasteiger partial charge in [0, 0.05) is 18.3 Å². The second kappa shape index (κ2) is 9.82. The highest BCUT2D eigenvalue weighted by molar-refractivity contribution is 5.95. The summed E-state index contributed by atoms with van der Waals surface area (Å²) in [5, 5.41) is 2.88. The number of benzene rings is 2. The molecule has 0 fully saturated rings. The Morgan fingerprint density at radius 2 is 1.73 bits per heavy atom. The molecule has 1 heterocycles. The van der Waals surface area contributed by atoms with Crippen LogP contribution >= 0.6 is 0 Å². The molecule has 1 N–H and O–H groups in total. The number of hydrogen-bond acceptors (Lipinski definition) is 5. The van der Waals surface area contributed by atoms with Crippen LogP contribution in [0.4, 0.5) is 4.79 Å². The molecule has 1 aliphatic heterocycles. The third-order valence-electron chi connectivity index (χ3n) is 4.83. The van der Waals surface area contributed by atoms with Gasteiger partial charge in [-0.3, -0.25) is 0 Å². The molecule has 30 heavy (non-hydrogen) atoms. The quantitative estimate of drug-likeness (QED) is 0.531. The van der Waals surface area contributed by atoms with Gasteiger partial charge in [0.05, 0.1) is 18.2 Å². The maximum absolute atomic E-state index is 13.0. The molecule has 1 atom stereocenters. The van der Waals surface area contributed by atoms with Crippen molar-refractivity contribution in [2.24, 2.45) is 0 Å². The topological polar surface area (TPSA) is 77.1 Å². The van der Waals surface area contributed by atoms with Crippen molar-refractivity contribution in [3.63, 3.8) is 0 Å². The zero-order valence-corrected chi connectivity index (χ0v) is 17.4. The molecule has 7 nitrogen and oxygen atoms in total. The first-order valence-electron chi connectivity index (χ1n) is 9.84. The minimum atomic E-state index is -0.668. The smallest absolute Gasteiger partial charge is 0.338 e. The van der Waals surface area contributed by atoms with Crippen molar-refractivity contribution >= 4 is 12.0 Å². The number of nitrogens with zero attached hydrogens (tertiary/aromatic N) is 1. The molecule has 158 valence electrons. The lowest BCUT2D eigenvalue weighted by atomic mass is 9.94. The summed E-state index contributed by atoms with van der Waals surface area (Å²) < 4.78 is 16.7.